The van der Waals surface area contributed by atoms with E-state index >= 15 is 0 Å². The van der Waals surface area contributed by atoms with Crippen molar-refractivity contribution in [2.45, 2.75) is 70.5 Å². The molecule has 0 heterocycles. The molecule has 1 aromatic carbocycles. The van der Waals surface area contributed by atoms with Gasteiger partial charge in [-0.2, -0.15) is 0 Å². The number of aryl methyl sites for hydroxylation is 1. The smallest absolute Gasteiger partial charge is 0.312 e. The van der Waals surface area contributed by atoms with Gasteiger partial charge in [0.25, 0.3) is 5.91 Å². The normalized spacial score (nSPS) is 34.9. The number of hydrogen-bond acceptors (Lipinski definition) is 4. The lowest BCUT2D eigenvalue weighted by molar-refractivity contribution is -0.199. The molecule has 0 radical (unpaired) electrons. The molecule has 1 aromatic rings. The first-order valence-corrected chi connectivity index (χ1v) is 10.1. The number of esters is 1. The van der Waals surface area contributed by atoms with Crippen molar-refractivity contribution in [2.24, 2.45) is 17.3 Å². The molecule has 0 aromatic heterocycles. The number of aliphatic hydroxyl groups is 1. The Morgan fingerprint density at radius 2 is 1.81 bits per heavy atom. The van der Waals surface area contributed by atoms with Gasteiger partial charge in [-0.15, -0.1) is 0 Å². The quantitative estimate of drug-likeness (QED) is 0.778. The van der Waals surface area contributed by atoms with Crippen LogP contribution < -0.4 is 5.32 Å². The van der Waals surface area contributed by atoms with Crippen LogP contribution in [0.15, 0.2) is 24.3 Å². The fraction of sp³-hybridized carbons (Fsp3) is 0.636. The van der Waals surface area contributed by atoms with E-state index in [1.165, 1.54) is 5.56 Å². The second-order valence-corrected chi connectivity index (χ2v) is 9.05. The minimum absolute atomic E-state index is 0.306. The Morgan fingerprint density at radius 1 is 1.19 bits per heavy atom. The zero-order valence-corrected chi connectivity index (χ0v) is 16.2. The lowest BCUT2D eigenvalue weighted by Gasteiger charge is -2.58. The van der Waals surface area contributed by atoms with Gasteiger partial charge < -0.3 is 15.2 Å². The van der Waals surface area contributed by atoms with Gasteiger partial charge in [0.1, 0.15) is 0 Å². The summed E-state index contributed by atoms with van der Waals surface area (Å²) in [6.07, 6.45) is 4.88. The summed E-state index contributed by atoms with van der Waals surface area (Å²) < 4.78 is 5.60. The minimum atomic E-state index is -0.856. The molecule has 4 saturated carbocycles. The molecule has 5 nitrogen and oxygen atoms in total. The molecule has 5 heteroatoms. The standard InChI is InChI=1S/C22H29NO4/c1-3-15-4-6-18(7-5-15)23-19(24)14(2)27-20(25)21-9-16-8-17(10-21)12-22(26,11-16)13-21/h4-7,14,16-17,26H,3,8-13H2,1-2H3,(H,23,24)/t14-,16-,17+,21?,22?/m0/s1. The Labute approximate surface area is 160 Å². The number of carbonyl (C=O) groups excluding carboxylic acids is 2. The molecule has 2 N–H and O–H groups in total. The van der Waals surface area contributed by atoms with Gasteiger partial charge in [-0.05, 0) is 81.4 Å². The Hall–Kier alpha value is -1.88. The van der Waals surface area contributed by atoms with Crippen LogP contribution in [0.1, 0.15) is 57.9 Å². The van der Waals surface area contributed by atoms with Crippen LogP contribution in [0.25, 0.3) is 0 Å². The Morgan fingerprint density at radius 3 is 2.37 bits per heavy atom. The summed E-state index contributed by atoms with van der Waals surface area (Å²) in [5, 5.41) is 13.6. The van der Waals surface area contributed by atoms with Gasteiger partial charge in [0.05, 0.1) is 11.0 Å². The topological polar surface area (TPSA) is 75.6 Å². The predicted molar refractivity (Wildman–Crippen MR) is 102 cm³/mol. The molecule has 5 rings (SSSR count). The molecule has 27 heavy (non-hydrogen) atoms. The zero-order chi connectivity index (χ0) is 19.2. The van der Waals surface area contributed by atoms with E-state index in [1.54, 1.807) is 6.92 Å². The molecular weight excluding hydrogens is 342 g/mol. The van der Waals surface area contributed by atoms with Crippen molar-refractivity contribution in [3.63, 3.8) is 0 Å². The maximum absolute atomic E-state index is 13.0. The largest absolute Gasteiger partial charge is 0.452 e. The first-order chi connectivity index (χ1) is 12.8. The van der Waals surface area contributed by atoms with E-state index in [2.05, 4.69) is 12.2 Å². The van der Waals surface area contributed by atoms with Crippen LogP contribution in [0, 0.1) is 17.3 Å². The summed E-state index contributed by atoms with van der Waals surface area (Å²) in [5.41, 5.74) is 0.586. The molecule has 0 saturated heterocycles. The molecule has 2 unspecified atom stereocenters. The van der Waals surface area contributed by atoms with E-state index in [0.29, 0.717) is 23.9 Å². The highest BCUT2D eigenvalue weighted by Crippen LogP contribution is 2.62. The fourth-order valence-corrected chi connectivity index (χ4v) is 5.86. The van der Waals surface area contributed by atoms with Gasteiger partial charge in [0.15, 0.2) is 6.10 Å². The fourth-order valence-electron chi connectivity index (χ4n) is 5.86. The molecule has 0 spiro atoms. The maximum atomic E-state index is 13.0. The summed E-state index contributed by atoms with van der Waals surface area (Å²) >= 11 is 0. The number of benzene rings is 1. The van der Waals surface area contributed by atoms with Crippen molar-refractivity contribution in [1.82, 2.24) is 0 Å². The average molecular weight is 371 g/mol. The van der Waals surface area contributed by atoms with E-state index in [4.69, 9.17) is 4.74 Å². The number of anilines is 1. The van der Waals surface area contributed by atoms with Crippen molar-refractivity contribution >= 4 is 17.6 Å². The molecule has 4 aliphatic carbocycles. The first kappa shape index (κ1) is 18.5. The second-order valence-electron chi connectivity index (χ2n) is 9.05. The number of nitrogens with one attached hydrogen (secondary N) is 1. The lowest BCUT2D eigenvalue weighted by atomic mass is 9.48. The molecule has 1 amide bonds. The summed E-state index contributed by atoms with van der Waals surface area (Å²) in [4.78, 5) is 25.4. The molecule has 5 atom stereocenters. The summed E-state index contributed by atoms with van der Waals surface area (Å²) in [6.45, 7) is 3.69. The van der Waals surface area contributed by atoms with Gasteiger partial charge in [0, 0.05) is 5.69 Å². The average Bonchev–Trinajstić information content (AvgIpc) is 2.60. The predicted octanol–water partition coefficient (Wildman–Crippen LogP) is 3.45. The van der Waals surface area contributed by atoms with Crippen molar-refractivity contribution in [3.8, 4) is 0 Å². The molecule has 4 aliphatic rings. The van der Waals surface area contributed by atoms with E-state index in [-0.39, 0.29) is 11.9 Å². The molecule has 146 valence electrons. The SMILES string of the molecule is CCc1ccc(NC(=O)[C@H](C)OC(=O)C23C[C@@H]4C[C@@H](CC(O)(C4)C2)C3)cc1. The lowest BCUT2D eigenvalue weighted by Crippen LogP contribution is -2.59. The van der Waals surface area contributed by atoms with Crippen LogP contribution in [0.3, 0.4) is 0 Å². The molecule has 0 aliphatic heterocycles. The number of carbonyl (C=O) groups is 2. The van der Waals surface area contributed by atoms with Gasteiger partial charge in [0.2, 0.25) is 0 Å². The third-order valence-corrected chi connectivity index (χ3v) is 6.75. The van der Waals surface area contributed by atoms with Crippen LogP contribution in [0.2, 0.25) is 0 Å². The second kappa shape index (κ2) is 6.62. The number of ether oxygens (including phenoxy) is 1. The van der Waals surface area contributed by atoms with E-state index < -0.39 is 17.1 Å². The van der Waals surface area contributed by atoms with Gasteiger partial charge in [-0.3, -0.25) is 9.59 Å². The van der Waals surface area contributed by atoms with Crippen molar-refractivity contribution in [2.75, 3.05) is 5.32 Å². The van der Waals surface area contributed by atoms with Crippen molar-refractivity contribution < 1.29 is 19.4 Å². The molecule has 4 bridgehead atoms. The van der Waals surface area contributed by atoms with Crippen LogP contribution in [-0.4, -0.2) is 28.7 Å². The van der Waals surface area contributed by atoms with Crippen molar-refractivity contribution in [3.05, 3.63) is 29.8 Å². The monoisotopic (exact) mass is 371 g/mol. The summed E-state index contributed by atoms with van der Waals surface area (Å²) in [5.74, 6) is 0.185. The Kier molecular flexibility index (Phi) is 4.53. The van der Waals surface area contributed by atoms with E-state index in [0.717, 1.165) is 38.5 Å². The first-order valence-electron chi connectivity index (χ1n) is 10.1. The number of amides is 1. The third-order valence-electron chi connectivity index (χ3n) is 6.75. The van der Waals surface area contributed by atoms with Gasteiger partial charge in [-0.1, -0.05) is 19.1 Å². The Bertz CT molecular complexity index is 727. The zero-order valence-electron chi connectivity index (χ0n) is 16.2. The molecule has 4 fully saturated rings. The third kappa shape index (κ3) is 3.49. The highest BCUT2D eigenvalue weighted by molar-refractivity contribution is 5.95. The van der Waals surface area contributed by atoms with E-state index in [9.17, 15) is 14.7 Å². The number of hydrogen-bond donors (Lipinski definition) is 2. The number of rotatable bonds is 5. The highest BCUT2D eigenvalue weighted by atomic mass is 16.5. The minimum Gasteiger partial charge on any atom is -0.452 e. The van der Waals surface area contributed by atoms with Crippen molar-refractivity contribution in [1.29, 1.82) is 0 Å². The van der Waals surface area contributed by atoms with Gasteiger partial charge >= 0.3 is 5.97 Å². The summed E-state index contributed by atoms with van der Waals surface area (Å²) in [6, 6.07) is 7.67. The highest BCUT2D eigenvalue weighted by Gasteiger charge is 2.61. The van der Waals surface area contributed by atoms with Crippen LogP contribution in [0.5, 0.6) is 0 Å². The maximum Gasteiger partial charge on any atom is 0.312 e. The van der Waals surface area contributed by atoms with E-state index in [1.807, 2.05) is 24.3 Å². The van der Waals surface area contributed by atoms with Gasteiger partial charge in [-0.25, -0.2) is 0 Å². The van der Waals surface area contributed by atoms with Crippen LogP contribution in [-0.2, 0) is 20.7 Å². The van der Waals surface area contributed by atoms with Crippen LogP contribution in [0.4, 0.5) is 5.69 Å². The molecular formula is C22H29NO4. The Balaban J connectivity index is 1.39. The van der Waals surface area contributed by atoms with Crippen LogP contribution >= 0.6 is 0 Å². The summed E-state index contributed by atoms with van der Waals surface area (Å²) in [7, 11) is 0.